The number of carbonyl (C=O) groups excluding carboxylic acids is 1. The lowest BCUT2D eigenvalue weighted by atomic mass is 9.77. The van der Waals surface area contributed by atoms with Gasteiger partial charge in [-0.15, -0.1) is 0 Å². The first-order valence-electron chi connectivity index (χ1n) is 11.6. The van der Waals surface area contributed by atoms with Crippen molar-refractivity contribution >= 4 is 5.91 Å². The zero-order valence-electron chi connectivity index (χ0n) is 19.8. The van der Waals surface area contributed by atoms with E-state index < -0.39 is 0 Å². The highest BCUT2D eigenvalue weighted by atomic mass is 16.5. The van der Waals surface area contributed by atoms with Crippen molar-refractivity contribution in [3.63, 3.8) is 0 Å². The molecule has 0 aromatic heterocycles. The lowest BCUT2D eigenvalue weighted by Gasteiger charge is -2.34. The molecule has 0 fully saturated rings. The van der Waals surface area contributed by atoms with Gasteiger partial charge < -0.3 is 29.5 Å². The lowest BCUT2D eigenvalue weighted by Crippen LogP contribution is -2.36. The van der Waals surface area contributed by atoms with Gasteiger partial charge in [0.2, 0.25) is 5.91 Å². The Balaban J connectivity index is 1.27. The summed E-state index contributed by atoms with van der Waals surface area (Å²) >= 11 is 0. The van der Waals surface area contributed by atoms with Gasteiger partial charge in [0, 0.05) is 31.1 Å². The molecule has 0 saturated carbocycles. The largest absolute Gasteiger partial charge is 0.508 e. The van der Waals surface area contributed by atoms with Crippen LogP contribution in [0.25, 0.3) is 0 Å². The summed E-state index contributed by atoms with van der Waals surface area (Å²) in [4.78, 5) is 17.1. The molecule has 0 radical (unpaired) electrons. The molecule has 0 bridgehead atoms. The maximum absolute atomic E-state index is 12.8. The van der Waals surface area contributed by atoms with E-state index in [1.165, 1.54) is 11.1 Å². The van der Waals surface area contributed by atoms with E-state index >= 15 is 0 Å². The highest BCUT2D eigenvalue weighted by Gasteiger charge is 2.29. The molecule has 1 amide bonds. The van der Waals surface area contributed by atoms with Crippen LogP contribution < -0.4 is 9.47 Å². The predicted octanol–water partition coefficient (Wildman–Crippen LogP) is 2.49. The number of ether oxygens (including phenoxy) is 2. The second-order valence-corrected chi connectivity index (χ2v) is 9.14. The number of rotatable bonds is 9. The molecule has 2 N–H and O–H groups in total. The lowest BCUT2D eigenvalue weighted by molar-refractivity contribution is -0.130. The average Bonchev–Trinajstić information content (AvgIpc) is 2.94. The predicted molar refractivity (Wildman–Crippen MR) is 126 cm³/mol. The van der Waals surface area contributed by atoms with Crippen molar-refractivity contribution in [2.75, 3.05) is 47.4 Å². The van der Waals surface area contributed by atoms with E-state index in [2.05, 4.69) is 24.1 Å². The van der Waals surface area contributed by atoms with Gasteiger partial charge in [0.05, 0.1) is 27.2 Å². The van der Waals surface area contributed by atoms with Gasteiger partial charge in [0.1, 0.15) is 5.75 Å². The van der Waals surface area contributed by atoms with Crippen molar-refractivity contribution in [3.8, 4) is 17.2 Å². The normalized spacial score (nSPS) is 17.3. The van der Waals surface area contributed by atoms with Crippen molar-refractivity contribution in [2.45, 2.75) is 38.2 Å². The molecule has 1 aliphatic heterocycles. The molecule has 0 unspecified atom stereocenters. The number of methoxy groups -OCH3 is 2. The summed E-state index contributed by atoms with van der Waals surface area (Å²) in [6.45, 7) is 3.05. The summed E-state index contributed by atoms with van der Waals surface area (Å²) in [7, 11) is 5.47. The van der Waals surface area contributed by atoms with E-state index in [1.807, 2.05) is 4.90 Å². The van der Waals surface area contributed by atoms with Gasteiger partial charge >= 0.3 is 0 Å². The zero-order valence-corrected chi connectivity index (χ0v) is 19.8. The third-order valence-corrected chi connectivity index (χ3v) is 6.97. The van der Waals surface area contributed by atoms with Crippen molar-refractivity contribution < 1.29 is 24.5 Å². The fraction of sp³-hybridized carbons (Fsp3) is 0.500. The van der Waals surface area contributed by atoms with Gasteiger partial charge in [-0.2, -0.15) is 0 Å². The zero-order chi connectivity index (χ0) is 23.5. The van der Waals surface area contributed by atoms with Crippen molar-refractivity contribution in [1.29, 1.82) is 0 Å². The van der Waals surface area contributed by atoms with Crippen LogP contribution in [0, 0.1) is 0 Å². The Labute approximate surface area is 195 Å². The number of aromatic hydroxyl groups is 1. The molecule has 2 aliphatic rings. The maximum atomic E-state index is 12.8. The molecule has 7 heteroatoms. The van der Waals surface area contributed by atoms with Crippen LogP contribution in [0.15, 0.2) is 24.3 Å². The van der Waals surface area contributed by atoms with Crippen LogP contribution >= 0.6 is 0 Å². The monoisotopic (exact) mass is 454 g/mol. The first-order valence-corrected chi connectivity index (χ1v) is 11.6. The summed E-state index contributed by atoms with van der Waals surface area (Å²) in [5.41, 5.74) is 5.05. The number of aliphatic hydroxyl groups excluding tert-OH is 1. The smallest absolute Gasteiger partial charge is 0.227 e. The van der Waals surface area contributed by atoms with Crippen LogP contribution in [0.3, 0.4) is 0 Å². The minimum atomic E-state index is -0.227. The van der Waals surface area contributed by atoms with Crippen molar-refractivity contribution in [3.05, 3.63) is 52.1 Å². The Hall–Kier alpha value is -2.77. The molecule has 1 aliphatic carbocycles. The fourth-order valence-electron chi connectivity index (χ4n) is 5.04. The van der Waals surface area contributed by atoms with Crippen molar-refractivity contribution in [1.82, 2.24) is 9.80 Å². The molecule has 4 rings (SSSR count). The standard InChI is InChI=1S/C26H34N2O5/c1-27(15-20-10-19-12-24(32-2)25(33-3)14-22(19)20)6-4-7-28-8-5-17-11-23(30)21(16-29)9-18(17)13-26(28)31/h9,11-12,14,20,29-30H,4-8,10,13,15-16H2,1-3H3/t20-/m1/s1. The topological polar surface area (TPSA) is 82.5 Å². The number of fused-ring (bicyclic) bond motifs is 2. The molecule has 7 nitrogen and oxygen atoms in total. The number of amides is 1. The number of aliphatic hydroxyl groups is 1. The summed E-state index contributed by atoms with van der Waals surface area (Å²) in [6, 6.07) is 7.65. The number of carbonyl (C=O) groups is 1. The number of hydrogen-bond donors (Lipinski definition) is 2. The molecule has 178 valence electrons. The van der Waals surface area contributed by atoms with Gasteiger partial charge in [-0.05, 0) is 79.4 Å². The Morgan fingerprint density at radius 1 is 1.09 bits per heavy atom. The van der Waals surface area contributed by atoms with E-state index in [4.69, 9.17) is 9.47 Å². The van der Waals surface area contributed by atoms with Gasteiger partial charge in [-0.1, -0.05) is 0 Å². The van der Waals surface area contributed by atoms with Crippen LogP contribution in [0.1, 0.15) is 40.2 Å². The van der Waals surface area contributed by atoms with E-state index in [-0.39, 0.29) is 18.3 Å². The number of hydrogen-bond acceptors (Lipinski definition) is 6. The Morgan fingerprint density at radius 2 is 1.85 bits per heavy atom. The fourth-order valence-corrected chi connectivity index (χ4v) is 5.04. The molecule has 1 atom stereocenters. The highest BCUT2D eigenvalue weighted by Crippen LogP contribution is 2.42. The van der Waals surface area contributed by atoms with Crippen LogP contribution in [-0.2, 0) is 30.7 Å². The van der Waals surface area contributed by atoms with Gasteiger partial charge in [-0.25, -0.2) is 0 Å². The quantitative estimate of drug-likeness (QED) is 0.606. The molecular formula is C26H34N2O5. The molecule has 0 spiro atoms. The Bertz CT molecular complexity index is 1020. The first kappa shape index (κ1) is 23.4. The highest BCUT2D eigenvalue weighted by molar-refractivity contribution is 5.80. The first-order chi connectivity index (χ1) is 15.9. The Kier molecular flexibility index (Phi) is 7.10. The SMILES string of the molecule is COc1cc2c(cc1OC)[C@@H](CN(C)CCCN1CCc3cc(O)c(CO)cc3CC1=O)C2. The van der Waals surface area contributed by atoms with E-state index in [1.54, 1.807) is 26.4 Å². The van der Waals surface area contributed by atoms with E-state index in [9.17, 15) is 15.0 Å². The summed E-state index contributed by atoms with van der Waals surface area (Å²) in [5.74, 6) is 2.28. The van der Waals surface area contributed by atoms with Crippen LogP contribution in [0.5, 0.6) is 17.2 Å². The maximum Gasteiger partial charge on any atom is 0.227 e. The van der Waals surface area contributed by atoms with Gasteiger partial charge in [0.15, 0.2) is 11.5 Å². The number of nitrogens with zero attached hydrogens (tertiary/aromatic N) is 2. The number of benzene rings is 2. The minimum absolute atomic E-state index is 0.104. The third-order valence-electron chi connectivity index (χ3n) is 6.97. The van der Waals surface area contributed by atoms with Crippen LogP contribution in [-0.4, -0.2) is 73.4 Å². The van der Waals surface area contributed by atoms with E-state index in [0.29, 0.717) is 24.4 Å². The molecule has 33 heavy (non-hydrogen) atoms. The second-order valence-electron chi connectivity index (χ2n) is 9.14. The van der Waals surface area contributed by atoms with Crippen LogP contribution in [0.4, 0.5) is 0 Å². The molecular weight excluding hydrogens is 420 g/mol. The molecule has 1 heterocycles. The third kappa shape index (κ3) is 4.94. The Morgan fingerprint density at radius 3 is 2.58 bits per heavy atom. The van der Waals surface area contributed by atoms with Gasteiger partial charge in [-0.3, -0.25) is 4.79 Å². The molecule has 0 saturated heterocycles. The summed E-state index contributed by atoms with van der Waals surface area (Å²) in [6.07, 6.45) is 3.01. The number of likely N-dealkylation sites (N-methyl/N-ethyl adjacent to an activating group) is 1. The minimum Gasteiger partial charge on any atom is -0.508 e. The van der Waals surface area contributed by atoms with Gasteiger partial charge in [0.25, 0.3) is 0 Å². The van der Waals surface area contributed by atoms with E-state index in [0.717, 1.165) is 61.5 Å². The number of phenols is 1. The van der Waals surface area contributed by atoms with Crippen molar-refractivity contribution in [2.24, 2.45) is 0 Å². The molecule has 2 aromatic carbocycles. The average molecular weight is 455 g/mol. The summed E-state index contributed by atoms with van der Waals surface area (Å²) < 4.78 is 10.8. The molecule has 2 aromatic rings. The summed E-state index contributed by atoms with van der Waals surface area (Å²) in [5, 5.41) is 19.4. The second kappa shape index (κ2) is 10.0. The van der Waals surface area contributed by atoms with Crippen LogP contribution in [0.2, 0.25) is 0 Å².